The molecule has 1 heterocycles. The number of aliphatic hydroxyl groups is 1. The van der Waals surface area contributed by atoms with Gasteiger partial charge >= 0.3 is 0 Å². The van der Waals surface area contributed by atoms with Gasteiger partial charge in [0.05, 0.1) is 6.61 Å². The van der Waals surface area contributed by atoms with E-state index >= 15 is 0 Å². The molecule has 3 rings (SSSR count). The van der Waals surface area contributed by atoms with Crippen LogP contribution in [0, 0.1) is 0 Å². The van der Waals surface area contributed by atoms with Gasteiger partial charge in [0.15, 0.2) is 17.3 Å². The fourth-order valence-electron chi connectivity index (χ4n) is 2.30. The predicted octanol–water partition coefficient (Wildman–Crippen LogP) is 1.77. The monoisotopic (exact) mass is 316 g/mol. The Balaban J connectivity index is 2.36. The molecular formula is C16H12O7. The quantitative estimate of drug-likeness (QED) is 0.455. The van der Waals surface area contributed by atoms with Crippen LogP contribution in [0.5, 0.6) is 23.0 Å². The molecule has 5 N–H and O–H groups in total. The minimum absolute atomic E-state index is 0.0283. The van der Waals surface area contributed by atoms with E-state index in [0.717, 1.165) is 6.07 Å². The third-order valence-electron chi connectivity index (χ3n) is 3.43. The zero-order valence-corrected chi connectivity index (χ0v) is 11.6. The Kier molecular flexibility index (Phi) is 3.34. The summed E-state index contributed by atoms with van der Waals surface area (Å²) in [4.78, 5) is 12.3. The number of aromatic hydroxyl groups is 4. The standard InChI is InChI=1S/C16H12O7/c17-6-7-3-11(20)13-12(4-7)23-16(15(22)14(13)21)8-1-2-9(18)10(19)5-8/h1-5,17-20,22H,6H2. The molecule has 1 aromatic heterocycles. The van der Waals surface area contributed by atoms with Crippen molar-refractivity contribution in [3.8, 4) is 34.3 Å². The van der Waals surface area contributed by atoms with Gasteiger partial charge in [-0.15, -0.1) is 0 Å². The van der Waals surface area contributed by atoms with Crippen LogP contribution in [0.15, 0.2) is 39.5 Å². The average Bonchev–Trinajstić information content (AvgIpc) is 2.52. The van der Waals surface area contributed by atoms with Crippen molar-refractivity contribution in [2.24, 2.45) is 0 Å². The highest BCUT2D eigenvalue weighted by molar-refractivity contribution is 5.87. The summed E-state index contributed by atoms with van der Waals surface area (Å²) in [7, 11) is 0. The Labute approximate surface area is 128 Å². The molecule has 0 aliphatic carbocycles. The lowest BCUT2D eigenvalue weighted by Crippen LogP contribution is -2.03. The van der Waals surface area contributed by atoms with Gasteiger partial charge in [0.2, 0.25) is 11.2 Å². The highest BCUT2D eigenvalue weighted by Gasteiger charge is 2.19. The lowest BCUT2D eigenvalue weighted by molar-refractivity contribution is 0.281. The summed E-state index contributed by atoms with van der Waals surface area (Å²) in [5, 5.41) is 47.7. The lowest BCUT2D eigenvalue weighted by Gasteiger charge is -2.09. The van der Waals surface area contributed by atoms with E-state index in [-0.39, 0.29) is 34.6 Å². The first-order valence-corrected chi connectivity index (χ1v) is 6.57. The van der Waals surface area contributed by atoms with E-state index < -0.39 is 22.7 Å². The average molecular weight is 316 g/mol. The molecule has 0 atom stereocenters. The van der Waals surface area contributed by atoms with Gasteiger partial charge in [0, 0.05) is 5.56 Å². The molecule has 0 radical (unpaired) electrons. The number of phenolic OH excluding ortho intramolecular Hbond substituents is 3. The van der Waals surface area contributed by atoms with Crippen molar-refractivity contribution < 1.29 is 29.9 Å². The normalized spacial score (nSPS) is 11.0. The van der Waals surface area contributed by atoms with Crippen LogP contribution in [-0.2, 0) is 6.61 Å². The van der Waals surface area contributed by atoms with E-state index in [1.54, 1.807) is 0 Å². The molecule has 2 aromatic carbocycles. The van der Waals surface area contributed by atoms with Crippen LogP contribution >= 0.6 is 0 Å². The second-order valence-electron chi connectivity index (χ2n) is 4.96. The van der Waals surface area contributed by atoms with E-state index in [0.29, 0.717) is 5.56 Å². The van der Waals surface area contributed by atoms with Crippen molar-refractivity contribution in [1.82, 2.24) is 0 Å². The molecule has 0 saturated heterocycles. The number of hydrogen-bond donors (Lipinski definition) is 5. The third kappa shape index (κ3) is 2.33. The van der Waals surface area contributed by atoms with E-state index in [1.165, 1.54) is 24.3 Å². The molecule has 0 fully saturated rings. The fraction of sp³-hybridized carbons (Fsp3) is 0.0625. The number of rotatable bonds is 2. The van der Waals surface area contributed by atoms with E-state index in [2.05, 4.69) is 0 Å². The van der Waals surface area contributed by atoms with Crippen LogP contribution in [0.25, 0.3) is 22.3 Å². The van der Waals surface area contributed by atoms with Crippen molar-refractivity contribution >= 4 is 11.0 Å². The summed E-state index contributed by atoms with van der Waals surface area (Å²) in [6, 6.07) is 6.20. The Bertz CT molecular complexity index is 972. The van der Waals surface area contributed by atoms with Gasteiger partial charge in [-0.25, -0.2) is 0 Å². The summed E-state index contributed by atoms with van der Waals surface area (Å²) in [5.74, 6) is -2.20. The van der Waals surface area contributed by atoms with Crippen LogP contribution in [0.1, 0.15) is 5.56 Å². The zero-order chi connectivity index (χ0) is 16.7. The Morgan fingerprint density at radius 3 is 2.30 bits per heavy atom. The minimum Gasteiger partial charge on any atom is -0.507 e. The third-order valence-corrected chi connectivity index (χ3v) is 3.43. The van der Waals surface area contributed by atoms with Crippen LogP contribution in [0.2, 0.25) is 0 Å². The Morgan fingerprint density at radius 2 is 1.65 bits per heavy atom. The van der Waals surface area contributed by atoms with E-state index in [9.17, 15) is 25.2 Å². The number of phenols is 3. The maximum Gasteiger partial charge on any atom is 0.238 e. The molecule has 0 amide bonds. The molecule has 7 heteroatoms. The molecule has 0 unspecified atom stereocenters. The van der Waals surface area contributed by atoms with Gasteiger partial charge in [0.25, 0.3) is 0 Å². The van der Waals surface area contributed by atoms with E-state index in [4.69, 9.17) is 9.52 Å². The molecule has 0 bridgehead atoms. The molecule has 0 spiro atoms. The van der Waals surface area contributed by atoms with Crippen molar-refractivity contribution in [3.05, 3.63) is 46.1 Å². The minimum atomic E-state index is -0.851. The number of fused-ring (bicyclic) bond motifs is 1. The van der Waals surface area contributed by atoms with Crippen LogP contribution < -0.4 is 5.43 Å². The molecule has 3 aromatic rings. The summed E-state index contributed by atoms with van der Waals surface area (Å²) in [6.07, 6.45) is 0. The highest BCUT2D eigenvalue weighted by Crippen LogP contribution is 2.36. The SMILES string of the molecule is O=c1c(O)c(-c2ccc(O)c(O)c2)oc2cc(CO)cc(O)c12. The molecule has 118 valence electrons. The Hall–Kier alpha value is -3.19. The largest absolute Gasteiger partial charge is 0.507 e. The second kappa shape index (κ2) is 5.22. The van der Waals surface area contributed by atoms with Gasteiger partial charge < -0.3 is 29.9 Å². The summed E-state index contributed by atoms with van der Waals surface area (Å²) < 4.78 is 5.46. The van der Waals surface area contributed by atoms with Gasteiger partial charge in [-0.3, -0.25) is 4.79 Å². The van der Waals surface area contributed by atoms with Crippen molar-refractivity contribution in [2.75, 3.05) is 0 Å². The predicted molar refractivity (Wildman–Crippen MR) is 80.5 cm³/mol. The molecule has 0 aliphatic rings. The first-order valence-electron chi connectivity index (χ1n) is 6.57. The first kappa shape index (κ1) is 14.7. The second-order valence-corrected chi connectivity index (χ2v) is 4.96. The van der Waals surface area contributed by atoms with Crippen molar-refractivity contribution in [3.63, 3.8) is 0 Å². The van der Waals surface area contributed by atoms with Gasteiger partial charge in [-0.2, -0.15) is 0 Å². The molecule has 23 heavy (non-hydrogen) atoms. The maximum absolute atomic E-state index is 12.3. The maximum atomic E-state index is 12.3. The number of benzene rings is 2. The van der Waals surface area contributed by atoms with Gasteiger partial charge in [-0.1, -0.05) is 0 Å². The highest BCUT2D eigenvalue weighted by atomic mass is 16.4. The molecular weight excluding hydrogens is 304 g/mol. The molecule has 0 saturated carbocycles. The van der Waals surface area contributed by atoms with E-state index in [1.807, 2.05) is 0 Å². The van der Waals surface area contributed by atoms with Crippen LogP contribution in [0.4, 0.5) is 0 Å². The van der Waals surface area contributed by atoms with Crippen LogP contribution in [-0.4, -0.2) is 25.5 Å². The molecule has 7 nitrogen and oxygen atoms in total. The summed E-state index contributed by atoms with van der Waals surface area (Å²) in [5.41, 5.74) is -0.399. The lowest BCUT2D eigenvalue weighted by atomic mass is 10.1. The smallest absolute Gasteiger partial charge is 0.238 e. The number of hydrogen-bond acceptors (Lipinski definition) is 7. The first-order chi connectivity index (χ1) is 10.9. The van der Waals surface area contributed by atoms with Crippen LogP contribution in [0.3, 0.4) is 0 Å². The topological polar surface area (TPSA) is 131 Å². The summed E-state index contributed by atoms with van der Waals surface area (Å²) >= 11 is 0. The van der Waals surface area contributed by atoms with Gasteiger partial charge in [0.1, 0.15) is 16.7 Å². The molecule has 0 aliphatic heterocycles. The number of aliphatic hydroxyl groups excluding tert-OH is 1. The fourth-order valence-corrected chi connectivity index (χ4v) is 2.30. The zero-order valence-electron chi connectivity index (χ0n) is 11.6. The Morgan fingerprint density at radius 1 is 0.913 bits per heavy atom. The summed E-state index contributed by atoms with van der Waals surface area (Å²) in [6.45, 7) is -0.372. The van der Waals surface area contributed by atoms with Gasteiger partial charge in [-0.05, 0) is 35.9 Å². The van der Waals surface area contributed by atoms with Crippen molar-refractivity contribution in [1.29, 1.82) is 0 Å². The van der Waals surface area contributed by atoms with Crippen molar-refractivity contribution in [2.45, 2.75) is 6.61 Å².